The van der Waals surface area contributed by atoms with Crippen molar-refractivity contribution in [1.29, 1.82) is 0 Å². The number of hydrogen-bond acceptors (Lipinski definition) is 2. The van der Waals surface area contributed by atoms with Crippen LogP contribution in [0, 0.1) is 0 Å². The lowest BCUT2D eigenvalue weighted by Crippen LogP contribution is -2.31. The first kappa shape index (κ1) is 19.5. The van der Waals surface area contributed by atoms with E-state index in [1.165, 1.54) is 18.2 Å². The molecule has 1 atom stereocenters. The zero-order chi connectivity index (χ0) is 20.1. The fourth-order valence-corrected chi connectivity index (χ4v) is 2.94. The van der Waals surface area contributed by atoms with Crippen LogP contribution in [0.4, 0.5) is 13.2 Å². The van der Waals surface area contributed by atoms with Crippen molar-refractivity contribution < 1.29 is 22.7 Å². The number of carbonyl (C=O) groups is 1. The number of alkyl halides is 3. The maximum absolute atomic E-state index is 13.3. The molecule has 3 nitrogen and oxygen atoms in total. The van der Waals surface area contributed by atoms with Crippen LogP contribution in [0.15, 0.2) is 78.9 Å². The summed E-state index contributed by atoms with van der Waals surface area (Å²) in [7, 11) is 1.54. The van der Waals surface area contributed by atoms with Crippen LogP contribution < -0.4 is 10.1 Å². The van der Waals surface area contributed by atoms with Gasteiger partial charge in [-0.25, -0.2) is 0 Å². The zero-order valence-corrected chi connectivity index (χ0v) is 15.0. The van der Waals surface area contributed by atoms with E-state index in [-0.39, 0.29) is 0 Å². The number of methoxy groups -OCH3 is 1. The van der Waals surface area contributed by atoms with Gasteiger partial charge in [-0.15, -0.1) is 0 Å². The van der Waals surface area contributed by atoms with Gasteiger partial charge in [0.05, 0.1) is 24.3 Å². The predicted octanol–water partition coefficient (Wildman–Crippen LogP) is 5.23. The maximum Gasteiger partial charge on any atom is 0.417 e. The maximum atomic E-state index is 13.3. The fourth-order valence-electron chi connectivity index (χ4n) is 2.94. The summed E-state index contributed by atoms with van der Waals surface area (Å²) in [5, 5.41) is 2.74. The van der Waals surface area contributed by atoms with Gasteiger partial charge in [0.15, 0.2) is 0 Å². The molecule has 0 saturated heterocycles. The smallest absolute Gasteiger partial charge is 0.417 e. The standard InChI is InChI=1S/C22H18F3NO2/c1-28-17-13-11-16(12-14-17)20(15-7-3-2-4-8-15)26-21(27)18-9-5-6-10-19(18)22(23,24)25/h2-14,20H,1H3,(H,26,27). The van der Waals surface area contributed by atoms with Crippen LogP contribution in [0.1, 0.15) is 33.1 Å². The first-order valence-corrected chi connectivity index (χ1v) is 8.56. The van der Waals surface area contributed by atoms with Crippen molar-refractivity contribution in [2.24, 2.45) is 0 Å². The molecule has 0 bridgehead atoms. The Labute approximate surface area is 160 Å². The molecule has 0 spiro atoms. The van der Waals surface area contributed by atoms with Crippen LogP contribution in [-0.2, 0) is 6.18 Å². The molecule has 0 aliphatic rings. The molecule has 3 aromatic carbocycles. The van der Waals surface area contributed by atoms with Gasteiger partial charge in [0.25, 0.3) is 5.91 Å². The van der Waals surface area contributed by atoms with Crippen molar-refractivity contribution in [3.63, 3.8) is 0 Å². The molecular weight excluding hydrogens is 367 g/mol. The summed E-state index contributed by atoms with van der Waals surface area (Å²) in [6.07, 6.45) is -4.61. The lowest BCUT2D eigenvalue weighted by Gasteiger charge is -2.21. The quantitative estimate of drug-likeness (QED) is 0.653. The van der Waals surface area contributed by atoms with Crippen molar-refractivity contribution >= 4 is 5.91 Å². The second kappa shape index (κ2) is 8.17. The minimum Gasteiger partial charge on any atom is -0.497 e. The van der Waals surface area contributed by atoms with Crippen LogP contribution in [-0.4, -0.2) is 13.0 Å². The van der Waals surface area contributed by atoms with E-state index in [0.29, 0.717) is 5.75 Å². The van der Waals surface area contributed by atoms with Crippen LogP contribution >= 0.6 is 0 Å². The van der Waals surface area contributed by atoms with E-state index in [1.54, 1.807) is 31.4 Å². The molecule has 0 heterocycles. The van der Waals surface area contributed by atoms with Crippen molar-refractivity contribution in [1.82, 2.24) is 5.32 Å². The topological polar surface area (TPSA) is 38.3 Å². The Hall–Kier alpha value is -3.28. The Morgan fingerprint density at radius 3 is 2.04 bits per heavy atom. The summed E-state index contributed by atoms with van der Waals surface area (Å²) in [4.78, 5) is 12.8. The van der Waals surface area contributed by atoms with Crippen molar-refractivity contribution in [3.8, 4) is 5.75 Å². The van der Waals surface area contributed by atoms with E-state index in [4.69, 9.17) is 4.74 Å². The van der Waals surface area contributed by atoms with E-state index < -0.39 is 29.3 Å². The molecule has 0 aromatic heterocycles. The Bertz CT molecular complexity index is 938. The molecule has 0 aliphatic carbocycles. The van der Waals surface area contributed by atoms with Crippen molar-refractivity contribution in [2.45, 2.75) is 12.2 Å². The molecule has 3 aromatic rings. The third kappa shape index (κ3) is 4.34. The second-order valence-electron chi connectivity index (χ2n) is 6.13. The van der Waals surface area contributed by atoms with Crippen LogP contribution in [0.2, 0.25) is 0 Å². The van der Waals surface area contributed by atoms with Gasteiger partial charge in [-0.1, -0.05) is 54.6 Å². The highest BCUT2D eigenvalue weighted by Gasteiger charge is 2.35. The molecule has 144 valence electrons. The number of rotatable bonds is 5. The van der Waals surface area contributed by atoms with Gasteiger partial charge in [0.2, 0.25) is 0 Å². The van der Waals surface area contributed by atoms with Crippen LogP contribution in [0.5, 0.6) is 5.75 Å². The van der Waals surface area contributed by atoms with Gasteiger partial charge < -0.3 is 10.1 Å². The Morgan fingerprint density at radius 1 is 0.857 bits per heavy atom. The van der Waals surface area contributed by atoms with Crippen molar-refractivity contribution in [2.75, 3.05) is 7.11 Å². The van der Waals surface area contributed by atoms with E-state index in [0.717, 1.165) is 17.2 Å². The minimum atomic E-state index is -4.61. The summed E-state index contributed by atoms with van der Waals surface area (Å²) in [5.41, 5.74) is 0.105. The normalized spacial score (nSPS) is 12.3. The number of carbonyl (C=O) groups excluding carboxylic acids is 1. The average molecular weight is 385 g/mol. The van der Waals surface area contributed by atoms with Gasteiger partial charge in [-0.3, -0.25) is 4.79 Å². The highest BCUT2D eigenvalue weighted by molar-refractivity contribution is 5.96. The fraction of sp³-hybridized carbons (Fsp3) is 0.136. The molecule has 6 heteroatoms. The lowest BCUT2D eigenvalue weighted by atomic mass is 9.97. The van der Waals surface area contributed by atoms with Gasteiger partial charge in [0, 0.05) is 0 Å². The molecular formula is C22H18F3NO2. The average Bonchev–Trinajstić information content (AvgIpc) is 2.72. The molecule has 0 aliphatic heterocycles. The summed E-state index contributed by atoms with van der Waals surface area (Å²) in [6, 6.07) is 20.2. The highest BCUT2D eigenvalue weighted by Crippen LogP contribution is 2.32. The number of halogens is 3. The first-order chi connectivity index (χ1) is 13.4. The number of hydrogen-bond donors (Lipinski definition) is 1. The molecule has 1 unspecified atom stereocenters. The molecule has 0 radical (unpaired) electrons. The van der Waals surface area contributed by atoms with E-state index >= 15 is 0 Å². The van der Waals surface area contributed by atoms with Gasteiger partial charge >= 0.3 is 6.18 Å². The largest absolute Gasteiger partial charge is 0.497 e. The second-order valence-corrected chi connectivity index (χ2v) is 6.13. The van der Waals surface area contributed by atoms with E-state index in [1.807, 2.05) is 30.3 Å². The molecule has 1 amide bonds. The molecule has 1 N–H and O–H groups in total. The Balaban J connectivity index is 1.97. The summed E-state index contributed by atoms with van der Waals surface area (Å²) < 4.78 is 45.0. The van der Waals surface area contributed by atoms with Gasteiger partial charge in [-0.05, 0) is 35.4 Å². The summed E-state index contributed by atoms with van der Waals surface area (Å²) >= 11 is 0. The number of ether oxygens (including phenoxy) is 1. The predicted molar refractivity (Wildman–Crippen MR) is 100 cm³/mol. The summed E-state index contributed by atoms with van der Waals surface area (Å²) in [6.45, 7) is 0. The zero-order valence-electron chi connectivity index (χ0n) is 15.0. The monoisotopic (exact) mass is 385 g/mol. The van der Waals surface area contributed by atoms with E-state index in [9.17, 15) is 18.0 Å². The molecule has 3 rings (SSSR count). The van der Waals surface area contributed by atoms with E-state index in [2.05, 4.69) is 5.32 Å². The van der Waals surface area contributed by atoms with Crippen molar-refractivity contribution in [3.05, 3.63) is 101 Å². The lowest BCUT2D eigenvalue weighted by molar-refractivity contribution is -0.137. The summed E-state index contributed by atoms with van der Waals surface area (Å²) in [5.74, 6) is -0.151. The molecule has 0 fully saturated rings. The SMILES string of the molecule is COc1ccc(C(NC(=O)c2ccccc2C(F)(F)F)c2ccccc2)cc1. The third-order valence-corrected chi connectivity index (χ3v) is 4.33. The third-order valence-electron chi connectivity index (χ3n) is 4.33. The first-order valence-electron chi connectivity index (χ1n) is 8.56. The Kier molecular flexibility index (Phi) is 5.68. The van der Waals surface area contributed by atoms with Crippen LogP contribution in [0.25, 0.3) is 0 Å². The molecule has 28 heavy (non-hydrogen) atoms. The van der Waals surface area contributed by atoms with Gasteiger partial charge in [0.1, 0.15) is 5.75 Å². The van der Waals surface area contributed by atoms with Crippen LogP contribution in [0.3, 0.4) is 0 Å². The number of amides is 1. The minimum absolute atomic E-state index is 0.413. The number of benzene rings is 3. The van der Waals surface area contributed by atoms with Gasteiger partial charge in [-0.2, -0.15) is 13.2 Å². The number of nitrogens with one attached hydrogen (secondary N) is 1. The Morgan fingerprint density at radius 2 is 1.43 bits per heavy atom. The highest BCUT2D eigenvalue weighted by atomic mass is 19.4. The molecule has 0 saturated carbocycles.